The highest BCUT2D eigenvalue weighted by Gasteiger charge is 2.60. The van der Waals surface area contributed by atoms with Gasteiger partial charge in [-0.25, -0.2) is 9.31 Å². The van der Waals surface area contributed by atoms with E-state index in [9.17, 15) is 35.9 Å². The Labute approximate surface area is 183 Å². The van der Waals surface area contributed by atoms with Crippen molar-refractivity contribution < 1.29 is 40.7 Å². The first-order chi connectivity index (χ1) is 15.4. The number of piperidine rings is 1. The Hall–Kier alpha value is -2.99. The lowest BCUT2D eigenvalue weighted by Crippen LogP contribution is -2.56. The Balaban J connectivity index is 1.45. The number of carbonyl (C=O) groups is 2. The number of pyridine rings is 1. The lowest BCUT2D eigenvalue weighted by molar-refractivity contribution is -0.308. The lowest BCUT2D eigenvalue weighted by Gasteiger charge is -2.44. The molecule has 0 bridgehead atoms. The molecule has 7 nitrogen and oxygen atoms in total. The first-order valence-electron chi connectivity index (χ1n) is 10.3. The molecule has 4 heterocycles. The number of likely N-dealkylation sites (tertiary alicyclic amines) is 2. The van der Waals surface area contributed by atoms with E-state index in [0.717, 1.165) is 4.90 Å². The van der Waals surface area contributed by atoms with Gasteiger partial charge in [0.25, 0.3) is 12.0 Å². The van der Waals surface area contributed by atoms with Crippen molar-refractivity contribution in [3.05, 3.63) is 36.2 Å². The average Bonchev–Trinajstić information content (AvgIpc) is 3.35. The van der Waals surface area contributed by atoms with E-state index in [0.29, 0.717) is 30.5 Å². The van der Waals surface area contributed by atoms with Gasteiger partial charge < -0.3 is 14.5 Å². The normalized spacial score (nSPS) is 19.0. The average molecular weight is 478 g/mol. The number of carbonyl (C=O) groups excluding carboxylic acids is 2. The van der Waals surface area contributed by atoms with E-state index >= 15 is 0 Å². The molecule has 0 aliphatic carbocycles. The van der Waals surface area contributed by atoms with Crippen LogP contribution in [0.4, 0.5) is 31.1 Å². The minimum atomic E-state index is -5.77. The van der Waals surface area contributed by atoms with Gasteiger partial charge in [0.05, 0.1) is 17.3 Å². The third kappa shape index (κ3) is 4.32. The molecule has 33 heavy (non-hydrogen) atoms. The van der Waals surface area contributed by atoms with E-state index in [1.165, 1.54) is 6.20 Å². The number of alkyl halides is 6. The number of rotatable bonds is 2. The van der Waals surface area contributed by atoms with E-state index in [1.807, 2.05) is 0 Å². The van der Waals surface area contributed by atoms with Crippen molar-refractivity contribution in [3.8, 4) is 0 Å². The van der Waals surface area contributed by atoms with Crippen molar-refractivity contribution in [2.75, 3.05) is 19.6 Å². The van der Waals surface area contributed by atoms with Crippen LogP contribution in [0.2, 0.25) is 0 Å². The molecule has 0 unspecified atom stereocenters. The molecule has 2 saturated heterocycles. The predicted octanol–water partition coefficient (Wildman–Crippen LogP) is 4.03. The number of nitrogens with zero attached hydrogens (tertiary/aromatic N) is 4. The molecule has 2 aromatic heterocycles. The van der Waals surface area contributed by atoms with Crippen molar-refractivity contribution in [1.82, 2.24) is 19.4 Å². The van der Waals surface area contributed by atoms with Crippen LogP contribution >= 0.6 is 0 Å². The SMILES string of the molecule is O=C(OC(C(F)(F)F)C(F)(F)F)N1CCC2(CCCN2C(=O)c2cnn3ccccc23)CC1. The molecule has 180 valence electrons. The van der Waals surface area contributed by atoms with E-state index in [4.69, 9.17) is 0 Å². The van der Waals surface area contributed by atoms with Crippen LogP contribution in [0.1, 0.15) is 36.0 Å². The molecule has 1 spiro atoms. The molecule has 0 N–H and O–H groups in total. The second kappa shape index (κ2) is 8.10. The summed E-state index contributed by atoms with van der Waals surface area (Å²) >= 11 is 0. The quantitative estimate of drug-likeness (QED) is 0.612. The van der Waals surface area contributed by atoms with Gasteiger partial charge in [0.15, 0.2) is 0 Å². The summed E-state index contributed by atoms with van der Waals surface area (Å²) in [6.45, 7) is 0.206. The van der Waals surface area contributed by atoms with Crippen LogP contribution in [0.25, 0.3) is 5.52 Å². The first-order valence-corrected chi connectivity index (χ1v) is 10.3. The van der Waals surface area contributed by atoms with Crippen LogP contribution in [0, 0.1) is 0 Å². The van der Waals surface area contributed by atoms with Crippen LogP contribution in [0.5, 0.6) is 0 Å². The van der Waals surface area contributed by atoms with E-state index in [-0.39, 0.29) is 31.8 Å². The Morgan fingerprint density at radius 3 is 2.30 bits per heavy atom. The number of amides is 2. The van der Waals surface area contributed by atoms with Crippen molar-refractivity contribution in [1.29, 1.82) is 0 Å². The van der Waals surface area contributed by atoms with Crippen LogP contribution in [-0.2, 0) is 4.74 Å². The lowest BCUT2D eigenvalue weighted by atomic mass is 9.84. The third-order valence-corrected chi connectivity index (χ3v) is 6.26. The molecule has 0 atom stereocenters. The molecule has 2 fully saturated rings. The van der Waals surface area contributed by atoms with Crippen molar-refractivity contribution in [2.45, 2.75) is 49.7 Å². The van der Waals surface area contributed by atoms with E-state index in [2.05, 4.69) is 9.84 Å². The van der Waals surface area contributed by atoms with Crippen LogP contribution < -0.4 is 0 Å². The van der Waals surface area contributed by atoms with Crippen LogP contribution in [0.15, 0.2) is 30.6 Å². The molecule has 4 rings (SSSR count). The van der Waals surface area contributed by atoms with Gasteiger partial charge in [0.1, 0.15) is 0 Å². The molecule has 0 aromatic carbocycles. The third-order valence-electron chi connectivity index (χ3n) is 6.26. The number of hydrogen-bond donors (Lipinski definition) is 0. The van der Waals surface area contributed by atoms with Crippen molar-refractivity contribution in [2.24, 2.45) is 0 Å². The molecule has 0 radical (unpaired) electrons. The van der Waals surface area contributed by atoms with Crippen molar-refractivity contribution >= 4 is 17.5 Å². The van der Waals surface area contributed by atoms with Gasteiger partial charge in [-0.15, -0.1) is 0 Å². The summed E-state index contributed by atoms with van der Waals surface area (Å²) in [7, 11) is 0. The Morgan fingerprint density at radius 1 is 1.00 bits per heavy atom. The summed E-state index contributed by atoms with van der Waals surface area (Å²) in [6.07, 6.45) is -12.5. The predicted molar refractivity (Wildman–Crippen MR) is 101 cm³/mol. The van der Waals surface area contributed by atoms with Gasteiger partial charge in [-0.05, 0) is 37.8 Å². The van der Waals surface area contributed by atoms with Crippen molar-refractivity contribution in [3.63, 3.8) is 0 Å². The highest BCUT2D eigenvalue weighted by atomic mass is 19.4. The minimum Gasteiger partial charge on any atom is -0.426 e. The molecular weight excluding hydrogens is 458 g/mol. The molecule has 0 saturated carbocycles. The topological polar surface area (TPSA) is 67.2 Å². The molecule has 13 heteroatoms. The summed E-state index contributed by atoms with van der Waals surface area (Å²) in [5.74, 6) is -0.251. The zero-order valence-corrected chi connectivity index (χ0v) is 17.2. The highest BCUT2D eigenvalue weighted by molar-refractivity contribution is 6.01. The summed E-state index contributed by atoms with van der Waals surface area (Å²) < 4.78 is 81.6. The second-order valence-electron chi connectivity index (χ2n) is 8.21. The van der Waals surface area contributed by atoms with Gasteiger partial charge in [-0.2, -0.15) is 31.4 Å². The monoisotopic (exact) mass is 478 g/mol. The van der Waals surface area contributed by atoms with Gasteiger partial charge in [-0.1, -0.05) is 6.07 Å². The Morgan fingerprint density at radius 2 is 1.67 bits per heavy atom. The summed E-state index contributed by atoms with van der Waals surface area (Å²) in [5, 5.41) is 4.16. The maximum absolute atomic E-state index is 13.3. The number of ether oxygens (including phenoxy) is 1. The maximum Gasteiger partial charge on any atom is 0.434 e. The summed E-state index contributed by atoms with van der Waals surface area (Å²) in [5.41, 5.74) is 0.387. The summed E-state index contributed by atoms with van der Waals surface area (Å²) in [6, 6.07) is 5.29. The molecule has 2 aromatic rings. The first kappa shape index (κ1) is 23.2. The fraction of sp³-hybridized carbons (Fsp3) is 0.550. The van der Waals surface area contributed by atoms with Crippen LogP contribution in [0.3, 0.4) is 0 Å². The van der Waals surface area contributed by atoms with Gasteiger partial charge in [0, 0.05) is 31.4 Å². The van der Waals surface area contributed by atoms with Crippen LogP contribution in [-0.4, -0.2) is 75.0 Å². The van der Waals surface area contributed by atoms with E-state index in [1.54, 1.807) is 33.8 Å². The fourth-order valence-corrected chi connectivity index (χ4v) is 4.62. The second-order valence-corrected chi connectivity index (χ2v) is 8.21. The minimum absolute atomic E-state index is 0.125. The molecule has 2 aliphatic heterocycles. The standard InChI is InChI=1S/C20H20F6N4O3/c21-19(22,23)16(20(24,25)26)33-17(32)28-10-6-18(7-11-28)5-3-8-29(18)15(31)13-12-27-30-9-2-1-4-14(13)30/h1-2,4,9,12,16H,3,5-8,10-11H2. The largest absolute Gasteiger partial charge is 0.434 e. The number of fused-ring (bicyclic) bond motifs is 1. The van der Waals surface area contributed by atoms with Gasteiger partial charge >= 0.3 is 18.4 Å². The zero-order chi connectivity index (χ0) is 24.0. The van der Waals surface area contributed by atoms with E-state index < -0.39 is 30.1 Å². The van der Waals surface area contributed by atoms with Gasteiger partial charge in [-0.3, -0.25) is 4.79 Å². The molecule has 2 amide bonds. The number of hydrogen-bond acceptors (Lipinski definition) is 4. The zero-order valence-electron chi connectivity index (χ0n) is 17.2. The Kier molecular flexibility index (Phi) is 5.69. The number of aromatic nitrogens is 2. The Bertz CT molecular complexity index is 1030. The maximum atomic E-state index is 13.3. The summed E-state index contributed by atoms with van der Waals surface area (Å²) in [4.78, 5) is 27.9. The fourth-order valence-electron chi connectivity index (χ4n) is 4.62. The number of halogens is 6. The van der Waals surface area contributed by atoms with Gasteiger partial charge in [0.2, 0.25) is 0 Å². The molecule has 2 aliphatic rings. The highest BCUT2D eigenvalue weighted by Crippen LogP contribution is 2.41. The smallest absolute Gasteiger partial charge is 0.426 e. The molecular formula is C20H20F6N4O3.